The summed E-state index contributed by atoms with van der Waals surface area (Å²) in [6.07, 6.45) is -0.484. The Morgan fingerprint density at radius 2 is 1.79 bits per heavy atom. The van der Waals surface area contributed by atoms with Crippen LogP contribution in [-0.4, -0.2) is 28.9 Å². The Hall–Kier alpha value is -2.41. The molecular weight excluding hydrogens is 250 g/mol. The first kappa shape index (κ1) is 14.7. The molecular formula is C12H15N3O4. The molecule has 0 saturated heterocycles. The molecule has 6 N–H and O–H groups in total. The Kier molecular flexibility index (Phi) is 5.01. The van der Waals surface area contributed by atoms with E-state index in [9.17, 15) is 14.4 Å². The van der Waals surface area contributed by atoms with Crippen molar-refractivity contribution in [3.05, 3.63) is 35.9 Å². The second kappa shape index (κ2) is 6.50. The van der Waals surface area contributed by atoms with Crippen LogP contribution in [0.15, 0.2) is 30.3 Å². The molecule has 0 aliphatic carbocycles. The number of carboxylic acid groups (broad SMARTS) is 1. The lowest BCUT2D eigenvalue weighted by Crippen LogP contribution is -2.46. The van der Waals surface area contributed by atoms with Gasteiger partial charge in [-0.25, -0.2) is 4.79 Å². The second-order valence-electron chi connectivity index (χ2n) is 3.96. The minimum atomic E-state index is -1.38. The average Bonchev–Trinajstić information content (AvgIpc) is 2.37. The van der Waals surface area contributed by atoms with Crippen LogP contribution in [-0.2, 0) is 14.4 Å². The highest BCUT2D eigenvalue weighted by molar-refractivity contribution is 5.90. The van der Waals surface area contributed by atoms with Gasteiger partial charge in [-0.2, -0.15) is 0 Å². The average molecular weight is 265 g/mol. The summed E-state index contributed by atoms with van der Waals surface area (Å²) < 4.78 is 0. The second-order valence-corrected chi connectivity index (χ2v) is 3.96. The normalized spacial score (nSPS) is 13.3. The van der Waals surface area contributed by atoms with Crippen molar-refractivity contribution in [3.8, 4) is 0 Å². The van der Waals surface area contributed by atoms with Gasteiger partial charge in [0.2, 0.25) is 11.8 Å². The van der Waals surface area contributed by atoms with Gasteiger partial charge in [-0.3, -0.25) is 9.59 Å². The van der Waals surface area contributed by atoms with Crippen molar-refractivity contribution in [2.24, 2.45) is 11.5 Å². The molecule has 1 rings (SSSR count). The van der Waals surface area contributed by atoms with Crippen molar-refractivity contribution in [1.82, 2.24) is 5.32 Å². The van der Waals surface area contributed by atoms with Crippen molar-refractivity contribution >= 4 is 17.8 Å². The van der Waals surface area contributed by atoms with E-state index in [1.54, 1.807) is 30.3 Å². The first-order valence-electron chi connectivity index (χ1n) is 5.54. The molecule has 0 saturated carbocycles. The molecule has 0 bridgehead atoms. The van der Waals surface area contributed by atoms with Gasteiger partial charge in [0.25, 0.3) is 0 Å². The zero-order valence-corrected chi connectivity index (χ0v) is 10.1. The van der Waals surface area contributed by atoms with Gasteiger partial charge in [0.1, 0.15) is 12.1 Å². The van der Waals surface area contributed by atoms with Gasteiger partial charge >= 0.3 is 5.97 Å². The number of primary amides is 1. The summed E-state index contributed by atoms with van der Waals surface area (Å²) in [4.78, 5) is 33.4. The third kappa shape index (κ3) is 4.40. The monoisotopic (exact) mass is 265 g/mol. The first-order valence-corrected chi connectivity index (χ1v) is 5.54. The maximum atomic E-state index is 11.8. The number of benzene rings is 1. The Balaban J connectivity index is 2.72. The van der Waals surface area contributed by atoms with Crippen LogP contribution in [0.25, 0.3) is 0 Å². The predicted molar refractivity (Wildman–Crippen MR) is 66.7 cm³/mol. The predicted octanol–water partition coefficient (Wildman–Crippen LogP) is -0.869. The molecule has 0 aliphatic heterocycles. The fourth-order valence-corrected chi connectivity index (χ4v) is 1.47. The van der Waals surface area contributed by atoms with Crippen molar-refractivity contribution in [2.45, 2.75) is 18.5 Å². The molecule has 0 radical (unpaired) electrons. The standard InChI is InChI=1S/C12H15N3O4/c13-9(16)6-8(12(18)19)15-11(17)10(14)7-4-2-1-3-5-7/h1-5,8,10H,6,14H2,(H2,13,16)(H,15,17)(H,18,19)/t8?,10-/m0/s1. The number of carbonyl (C=O) groups excluding carboxylic acids is 2. The van der Waals surface area contributed by atoms with E-state index in [-0.39, 0.29) is 0 Å². The van der Waals surface area contributed by atoms with E-state index >= 15 is 0 Å². The minimum absolute atomic E-state index is 0.484. The van der Waals surface area contributed by atoms with E-state index in [0.717, 1.165) is 0 Å². The number of hydrogen-bond donors (Lipinski definition) is 4. The Morgan fingerprint density at radius 1 is 1.21 bits per heavy atom. The highest BCUT2D eigenvalue weighted by Gasteiger charge is 2.25. The molecule has 2 atom stereocenters. The van der Waals surface area contributed by atoms with Gasteiger partial charge in [-0.1, -0.05) is 30.3 Å². The van der Waals surface area contributed by atoms with Crippen molar-refractivity contribution in [3.63, 3.8) is 0 Å². The number of nitrogens with two attached hydrogens (primary N) is 2. The lowest BCUT2D eigenvalue weighted by atomic mass is 10.1. The third-order valence-corrected chi connectivity index (χ3v) is 2.46. The van der Waals surface area contributed by atoms with E-state index in [1.807, 2.05) is 0 Å². The maximum Gasteiger partial charge on any atom is 0.326 e. The molecule has 2 amide bonds. The lowest BCUT2D eigenvalue weighted by molar-refractivity contribution is -0.143. The molecule has 102 valence electrons. The third-order valence-electron chi connectivity index (χ3n) is 2.46. The molecule has 1 aromatic carbocycles. The molecule has 7 heteroatoms. The van der Waals surface area contributed by atoms with Gasteiger partial charge < -0.3 is 21.9 Å². The number of aliphatic carboxylic acids is 1. The smallest absolute Gasteiger partial charge is 0.326 e. The highest BCUT2D eigenvalue weighted by atomic mass is 16.4. The molecule has 1 unspecified atom stereocenters. The Labute approximate surface area is 109 Å². The van der Waals surface area contributed by atoms with Crippen LogP contribution in [0.1, 0.15) is 18.0 Å². The first-order chi connectivity index (χ1) is 8.91. The van der Waals surface area contributed by atoms with Crippen LogP contribution in [0.2, 0.25) is 0 Å². The molecule has 1 aromatic rings. The Bertz CT molecular complexity index is 475. The number of rotatable bonds is 6. The molecule has 0 fully saturated rings. The summed E-state index contributed by atoms with van der Waals surface area (Å²) in [6, 6.07) is 6.10. The number of carbonyl (C=O) groups is 3. The highest BCUT2D eigenvalue weighted by Crippen LogP contribution is 2.09. The zero-order chi connectivity index (χ0) is 14.4. The van der Waals surface area contributed by atoms with Gasteiger partial charge in [-0.05, 0) is 5.56 Å². The van der Waals surface area contributed by atoms with Gasteiger partial charge in [0.15, 0.2) is 0 Å². The van der Waals surface area contributed by atoms with Crippen LogP contribution in [0.5, 0.6) is 0 Å². The van der Waals surface area contributed by atoms with Crippen LogP contribution in [0, 0.1) is 0 Å². The summed E-state index contributed by atoms with van der Waals surface area (Å²) >= 11 is 0. The molecule has 7 nitrogen and oxygen atoms in total. The summed E-state index contributed by atoms with van der Waals surface area (Å²) in [5.41, 5.74) is 11.2. The van der Waals surface area contributed by atoms with E-state index in [1.165, 1.54) is 0 Å². The molecule has 0 spiro atoms. The SMILES string of the molecule is NC(=O)CC(NC(=O)[C@@H](N)c1ccccc1)C(=O)O. The van der Waals surface area contributed by atoms with Crippen LogP contribution in [0.4, 0.5) is 0 Å². The summed E-state index contributed by atoms with van der Waals surface area (Å²) in [7, 11) is 0. The number of carboxylic acids is 1. The quantitative estimate of drug-likeness (QED) is 0.530. The fraction of sp³-hybridized carbons (Fsp3) is 0.250. The van der Waals surface area contributed by atoms with Gasteiger partial charge in [0.05, 0.1) is 6.42 Å². The summed E-state index contributed by atoms with van der Waals surface area (Å²) in [5, 5.41) is 11.0. The fourth-order valence-electron chi connectivity index (χ4n) is 1.47. The summed E-state index contributed by atoms with van der Waals surface area (Å²) in [5.74, 6) is -2.84. The topological polar surface area (TPSA) is 136 Å². The Morgan fingerprint density at radius 3 is 2.26 bits per heavy atom. The maximum absolute atomic E-state index is 11.8. The van der Waals surface area contributed by atoms with E-state index in [4.69, 9.17) is 16.6 Å². The number of nitrogens with one attached hydrogen (secondary N) is 1. The molecule has 19 heavy (non-hydrogen) atoms. The largest absolute Gasteiger partial charge is 0.480 e. The summed E-state index contributed by atoms with van der Waals surface area (Å²) in [6.45, 7) is 0. The van der Waals surface area contributed by atoms with Crippen LogP contribution < -0.4 is 16.8 Å². The number of amides is 2. The minimum Gasteiger partial charge on any atom is -0.480 e. The van der Waals surface area contributed by atoms with E-state index in [0.29, 0.717) is 5.56 Å². The van der Waals surface area contributed by atoms with Crippen LogP contribution in [0.3, 0.4) is 0 Å². The van der Waals surface area contributed by atoms with E-state index in [2.05, 4.69) is 5.32 Å². The zero-order valence-electron chi connectivity index (χ0n) is 10.1. The van der Waals surface area contributed by atoms with Crippen LogP contribution >= 0.6 is 0 Å². The molecule has 0 heterocycles. The van der Waals surface area contributed by atoms with Gasteiger partial charge in [0, 0.05) is 0 Å². The van der Waals surface area contributed by atoms with Gasteiger partial charge in [-0.15, -0.1) is 0 Å². The molecule has 0 aromatic heterocycles. The van der Waals surface area contributed by atoms with Crippen molar-refractivity contribution in [2.75, 3.05) is 0 Å². The van der Waals surface area contributed by atoms with Crippen molar-refractivity contribution < 1.29 is 19.5 Å². The van der Waals surface area contributed by atoms with E-state index < -0.39 is 36.3 Å². The van der Waals surface area contributed by atoms with Crippen molar-refractivity contribution in [1.29, 1.82) is 0 Å². The lowest BCUT2D eigenvalue weighted by Gasteiger charge is -2.17. The number of hydrogen-bond acceptors (Lipinski definition) is 4. The molecule has 0 aliphatic rings.